The predicted molar refractivity (Wildman–Crippen MR) is 75.4 cm³/mol. The van der Waals surface area contributed by atoms with E-state index in [1.54, 1.807) is 0 Å². The van der Waals surface area contributed by atoms with Crippen LogP contribution in [0.5, 0.6) is 5.75 Å². The Labute approximate surface area is 101 Å². The number of nitrogens with two attached hydrogens (primary N) is 6. The maximum absolute atomic E-state index is 5.83. The lowest BCUT2D eigenvalue weighted by Gasteiger charge is -2.17. The van der Waals surface area contributed by atoms with E-state index in [4.69, 9.17) is 39.1 Å². The summed E-state index contributed by atoms with van der Waals surface area (Å²) in [6.07, 6.45) is 1.23. The van der Waals surface area contributed by atoms with Gasteiger partial charge >= 0.3 is 0 Å². The van der Waals surface area contributed by atoms with Gasteiger partial charge in [0.25, 0.3) is 0 Å². The molecule has 1 rings (SSSR count). The van der Waals surface area contributed by atoms with Crippen molar-refractivity contribution >= 4 is 37.3 Å². The number of ether oxygens (including phenoxy) is 1. The Balaban J connectivity index is 3.16. The lowest BCUT2D eigenvalue weighted by Crippen LogP contribution is -2.18. The first-order chi connectivity index (χ1) is 7.90. The minimum absolute atomic E-state index is 0.0678. The Hall–Kier alpha value is -2.01. The fourth-order valence-electron chi connectivity index (χ4n) is 1.18. The second kappa shape index (κ2) is 4.88. The smallest absolute Gasteiger partial charge is 0.168 e. The van der Waals surface area contributed by atoms with E-state index in [9.17, 15) is 0 Å². The molecule has 7 nitrogen and oxygen atoms in total. The van der Waals surface area contributed by atoms with Crippen molar-refractivity contribution in [2.24, 2.45) is 11.5 Å². The van der Waals surface area contributed by atoms with Crippen LogP contribution in [0.1, 0.15) is 0 Å². The predicted octanol–water partition coefficient (Wildman–Crippen LogP) is -1.35. The zero-order valence-electron chi connectivity index (χ0n) is 9.23. The van der Waals surface area contributed by atoms with Gasteiger partial charge in [-0.2, -0.15) is 0 Å². The summed E-state index contributed by atoms with van der Waals surface area (Å²) in [5.41, 5.74) is 35.2. The first-order valence-electron chi connectivity index (χ1n) is 4.70. The molecular formula is C9H17N6OP. The minimum atomic E-state index is 0.0678. The van der Waals surface area contributed by atoms with Gasteiger partial charge in [0.15, 0.2) is 5.75 Å². The van der Waals surface area contributed by atoms with E-state index in [1.807, 2.05) is 0 Å². The molecule has 0 aliphatic rings. The Morgan fingerprint density at radius 3 is 2.18 bits per heavy atom. The third kappa shape index (κ3) is 2.39. The van der Waals surface area contributed by atoms with E-state index in [0.29, 0.717) is 22.4 Å². The van der Waals surface area contributed by atoms with Crippen LogP contribution in [0.25, 0.3) is 0 Å². The highest BCUT2D eigenvalue weighted by Gasteiger charge is 2.16. The van der Waals surface area contributed by atoms with Crippen molar-refractivity contribution < 1.29 is 4.74 Å². The molecule has 0 radical (unpaired) electrons. The van der Waals surface area contributed by atoms with Crippen molar-refractivity contribution in [1.82, 2.24) is 0 Å². The number of rotatable bonds is 3. The molecule has 94 valence electrons. The maximum atomic E-state index is 5.83. The van der Waals surface area contributed by atoms with E-state index in [0.717, 1.165) is 0 Å². The van der Waals surface area contributed by atoms with Crippen LogP contribution in [-0.2, 0) is 0 Å². The highest BCUT2D eigenvalue weighted by molar-refractivity contribution is 7.28. The van der Waals surface area contributed by atoms with Crippen LogP contribution in [-0.4, -0.2) is 6.61 Å². The lowest BCUT2D eigenvalue weighted by atomic mass is 10.2. The highest BCUT2D eigenvalue weighted by Crippen LogP contribution is 2.37. The molecule has 1 aromatic carbocycles. The third-order valence-electron chi connectivity index (χ3n) is 2.25. The van der Waals surface area contributed by atoms with Crippen molar-refractivity contribution in [3.8, 4) is 5.75 Å². The van der Waals surface area contributed by atoms with Gasteiger partial charge in [-0.05, 0) is 0 Å². The molecule has 0 saturated heterocycles. The van der Waals surface area contributed by atoms with Gasteiger partial charge in [-0.25, -0.2) is 0 Å². The molecule has 0 aromatic heterocycles. The molecule has 0 saturated carbocycles. The second-order valence-corrected chi connectivity index (χ2v) is 4.01. The van der Waals surface area contributed by atoms with Crippen LogP contribution >= 0.6 is 9.24 Å². The summed E-state index contributed by atoms with van der Waals surface area (Å²) in [5, 5.41) is 0.544. The first-order valence-corrected chi connectivity index (χ1v) is 5.28. The Morgan fingerprint density at radius 2 is 1.65 bits per heavy atom. The van der Waals surface area contributed by atoms with Gasteiger partial charge in [0, 0.05) is 11.5 Å². The van der Waals surface area contributed by atoms with Crippen molar-refractivity contribution in [3.63, 3.8) is 0 Å². The summed E-state index contributed by atoms with van der Waals surface area (Å²) in [6, 6.07) is 0. The summed E-state index contributed by atoms with van der Waals surface area (Å²) in [6.45, 7) is 0.0678. The van der Waals surface area contributed by atoms with Gasteiger partial charge in [0.05, 0.1) is 22.8 Å². The largest absolute Gasteiger partial charge is 0.483 e. The van der Waals surface area contributed by atoms with Crippen LogP contribution in [0, 0.1) is 0 Å². The summed E-state index contributed by atoms with van der Waals surface area (Å²) in [4.78, 5) is 0. The molecule has 0 spiro atoms. The molecule has 0 heterocycles. The molecule has 8 heteroatoms. The summed E-state index contributed by atoms with van der Waals surface area (Å²) in [5.74, 6) is 0.256. The Kier molecular flexibility index (Phi) is 3.75. The molecule has 0 aliphatic carbocycles. The zero-order valence-corrected chi connectivity index (χ0v) is 10.4. The van der Waals surface area contributed by atoms with Gasteiger partial charge in [0.2, 0.25) is 0 Å². The first kappa shape index (κ1) is 13.1. The van der Waals surface area contributed by atoms with Gasteiger partial charge in [-0.3, -0.25) is 0 Å². The lowest BCUT2D eigenvalue weighted by molar-refractivity contribution is 0.354. The topological polar surface area (TPSA) is 165 Å². The minimum Gasteiger partial charge on any atom is -0.483 e. The highest BCUT2D eigenvalue weighted by atomic mass is 31.0. The van der Waals surface area contributed by atoms with Crippen LogP contribution in [0.15, 0.2) is 11.9 Å². The van der Waals surface area contributed by atoms with Crippen molar-refractivity contribution in [2.75, 3.05) is 29.5 Å². The molecule has 1 atom stereocenters. The average molecular weight is 256 g/mol. The van der Waals surface area contributed by atoms with Gasteiger partial charge in [-0.15, -0.1) is 9.24 Å². The zero-order chi connectivity index (χ0) is 13.2. The summed E-state index contributed by atoms with van der Waals surface area (Å²) < 4.78 is 5.36. The van der Waals surface area contributed by atoms with E-state index in [2.05, 4.69) is 9.24 Å². The molecular weight excluding hydrogens is 239 g/mol. The van der Waals surface area contributed by atoms with E-state index in [1.165, 1.54) is 6.20 Å². The van der Waals surface area contributed by atoms with Crippen molar-refractivity contribution in [3.05, 3.63) is 11.9 Å². The number of nitrogen functional groups attached to an aromatic ring is 4. The molecule has 12 N–H and O–H groups in total. The normalized spacial score (nSPS) is 11.5. The molecule has 1 aromatic rings. The van der Waals surface area contributed by atoms with Crippen LogP contribution < -0.4 is 44.4 Å². The number of benzene rings is 1. The van der Waals surface area contributed by atoms with Crippen LogP contribution in [0.4, 0.5) is 22.7 Å². The van der Waals surface area contributed by atoms with Crippen molar-refractivity contribution in [2.45, 2.75) is 0 Å². The summed E-state index contributed by atoms with van der Waals surface area (Å²) in [7, 11) is 2.39. The standard InChI is InChI=1S/C9H17N6OP/c10-1-3(11)2-16-8-5(13)4(12)6(14)9(17)7(8)15/h1H,2,10-15,17H2/b3-1-. The van der Waals surface area contributed by atoms with Gasteiger partial charge in [0.1, 0.15) is 12.3 Å². The molecule has 1 unspecified atom stereocenters. The van der Waals surface area contributed by atoms with Crippen molar-refractivity contribution in [1.29, 1.82) is 0 Å². The molecule has 0 amide bonds. The number of hydrogen-bond donors (Lipinski definition) is 6. The fraction of sp³-hybridized carbons (Fsp3) is 0.111. The Morgan fingerprint density at radius 1 is 1.06 bits per heavy atom. The average Bonchev–Trinajstić information content (AvgIpc) is 2.33. The molecule has 0 fully saturated rings. The summed E-state index contributed by atoms with van der Waals surface area (Å²) >= 11 is 0. The SMILES string of the molecule is N/C=C(\N)COc1c(N)c(N)c(N)c(P)c1N. The van der Waals surface area contributed by atoms with Gasteiger partial charge < -0.3 is 39.1 Å². The second-order valence-electron chi connectivity index (χ2n) is 3.43. The maximum Gasteiger partial charge on any atom is 0.168 e. The Bertz CT molecular complexity index is 444. The quantitative estimate of drug-likeness (QED) is 0.287. The number of anilines is 4. The van der Waals surface area contributed by atoms with Crippen LogP contribution in [0.3, 0.4) is 0 Å². The fourth-order valence-corrected chi connectivity index (χ4v) is 1.47. The molecule has 0 bridgehead atoms. The van der Waals surface area contributed by atoms with E-state index in [-0.39, 0.29) is 23.7 Å². The van der Waals surface area contributed by atoms with E-state index < -0.39 is 0 Å². The molecule has 17 heavy (non-hydrogen) atoms. The van der Waals surface area contributed by atoms with Crippen LogP contribution in [0.2, 0.25) is 0 Å². The monoisotopic (exact) mass is 256 g/mol. The molecule has 0 aliphatic heterocycles. The third-order valence-corrected chi connectivity index (χ3v) is 2.87. The van der Waals surface area contributed by atoms with E-state index >= 15 is 0 Å². The van der Waals surface area contributed by atoms with Gasteiger partial charge in [-0.1, -0.05) is 0 Å². The number of hydrogen-bond acceptors (Lipinski definition) is 7.